The molecule has 23 heavy (non-hydrogen) atoms. The van der Waals surface area contributed by atoms with Crippen molar-refractivity contribution in [2.24, 2.45) is 0 Å². The van der Waals surface area contributed by atoms with Gasteiger partial charge >= 0.3 is 0 Å². The van der Waals surface area contributed by atoms with E-state index >= 15 is 0 Å². The third-order valence-corrected chi connectivity index (χ3v) is 4.39. The molecule has 1 aromatic heterocycles. The lowest BCUT2D eigenvalue weighted by Crippen LogP contribution is -2.44. The lowest BCUT2D eigenvalue weighted by molar-refractivity contribution is 0.0909. The summed E-state index contributed by atoms with van der Waals surface area (Å²) in [5.41, 5.74) is 3.34. The van der Waals surface area contributed by atoms with Crippen LogP contribution in [0.3, 0.4) is 0 Å². The molecular formula is C19H23N3O. The minimum absolute atomic E-state index is 0.00406. The molecule has 0 bridgehead atoms. The van der Waals surface area contributed by atoms with Gasteiger partial charge in [0.15, 0.2) is 0 Å². The van der Waals surface area contributed by atoms with E-state index in [0.29, 0.717) is 5.56 Å². The molecule has 1 aromatic carbocycles. The number of pyridine rings is 1. The highest BCUT2D eigenvalue weighted by atomic mass is 16.1. The molecule has 1 aliphatic rings. The molecule has 1 N–H and O–H groups in total. The van der Waals surface area contributed by atoms with Gasteiger partial charge in [-0.2, -0.15) is 0 Å². The lowest BCUT2D eigenvalue weighted by atomic mass is 10.0. The van der Waals surface area contributed by atoms with E-state index in [9.17, 15) is 4.79 Å². The van der Waals surface area contributed by atoms with Crippen molar-refractivity contribution in [3.8, 4) is 0 Å². The molecule has 0 unspecified atom stereocenters. The summed E-state index contributed by atoms with van der Waals surface area (Å²) < 4.78 is 0. The number of aryl methyl sites for hydroxylation is 1. The Hall–Kier alpha value is -2.20. The number of benzene rings is 1. The Morgan fingerprint density at radius 2 is 1.78 bits per heavy atom. The Balaban J connectivity index is 1.47. The second kappa shape index (κ2) is 7.38. The Morgan fingerprint density at radius 3 is 2.43 bits per heavy atom. The fourth-order valence-corrected chi connectivity index (χ4v) is 2.96. The molecule has 1 saturated heterocycles. The normalized spacial score (nSPS) is 16.2. The predicted octanol–water partition coefficient (Wildman–Crippen LogP) is 2.78. The molecule has 2 heterocycles. The number of nitrogens with one attached hydrogen (secondary N) is 1. The molecule has 4 heteroatoms. The summed E-state index contributed by atoms with van der Waals surface area (Å²) in [6.45, 7) is 5.15. The van der Waals surface area contributed by atoms with Gasteiger partial charge in [0.05, 0.1) is 0 Å². The average Bonchev–Trinajstić information content (AvgIpc) is 2.59. The van der Waals surface area contributed by atoms with Crippen molar-refractivity contribution in [3.63, 3.8) is 0 Å². The van der Waals surface area contributed by atoms with Gasteiger partial charge in [0.1, 0.15) is 0 Å². The summed E-state index contributed by atoms with van der Waals surface area (Å²) in [7, 11) is 0. The molecule has 1 amide bonds. The Morgan fingerprint density at radius 1 is 1.13 bits per heavy atom. The van der Waals surface area contributed by atoms with E-state index in [0.717, 1.165) is 32.5 Å². The molecule has 0 radical (unpaired) electrons. The summed E-state index contributed by atoms with van der Waals surface area (Å²) in [6.07, 6.45) is 5.31. The SMILES string of the molecule is Cc1ccc(CN2CCC(NC(=O)c3ccncc3)CC2)cc1. The van der Waals surface area contributed by atoms with E-state index in [1.54, 1.807) is 24.5 Å². The Labute approximate surface area is 137 Å². The Kier molecular flexibility index (Phi) is 5.03. The van der Waals surface area contributed by atoms with E-state index in [-0.39, 0.29) is 11.9 Å². The van der Waals surface area contributed by atoms with E-state index in [4.69, 9.17) is 0 Å². The lowest BCUT2D eigenvalue weighted by Gasteiger charge is -2.32. The number of likely N-dealkylation sites (tertiary alicyclic amines) is 1. The summed E-state index contributed by atoms with van der Waals surface area (Å²) >= 11 is 0. The third kappa shape index (κ3) is 4.39. The molecule has 3 rings (SSSR count). The van der Waals surface area contributed by atoms with Crippen LogP contribution in [-0.2, 0) is 6.54 Å². The number of hydrogen-bond donors (Lipinski definition) is 1. The smallest absolute Gasteiger partial charge is 0.251 e. The first kappa shape index (κ1) is 15.7. The van der Waals surface area contributed by atoms with E-state index < -0.39 is 0 Å². The van der Waals surface area contributed by atoms with Crippen LogP contribution in [0.1, 0.15) is 34.3 Å². The van der Waals surface area contributed by atoms with Gasteiger partial charge in [-0.3, -0.25) is 14.7 Å². The van der Waals surface area contributed by atoms with Crippen LogP contribution in [0.15, 0.2) is 48.8 Å². The topological polar surface area (TPSA) is 45.2 Å². The quantitative estimate of drug-likeness (QED) is 0.944. The first-order valence-electron chi connectivity index (χ1n) is 8.19. The minimum atomic E-state index is 0.00406. The zero-order chi connectivity index (χ0) is 16.1. The van der Waals surface area contributed by atoms with Crippen LogP contribution in [0.5, 0.6) is 0 Å². The highest BCUT2D eigenvalue weighted by molar-refractivity contribution is 5.94. The summed E-state index contributed by atoms with van der Waals surface area (Å²) in [4.78, 5) is 18.6. The number of nitrogens with zero attached hydrogens (tertiary/aromatic N) is 2. The third-order valence-electron chi connectivity index (χ3n) is 4.39. The van der Waals surface area contributed by atoms with Gasteiger partial charge in [-0.1, -0.05) is 29.8 Å². The molecule has 120 valence electrons. The number of amides is 1. The van der Waals surface area contributed by atoms with Crippen LogP contribution in [0.25, 0.3) is 0 Å². The molecule has 2 aromatic rings. The van der Waals surface area contributed by atoms with Crippen LogP contribution < -0.4 is 5.32 Å². The molecule has 0 saturated carbocycles. The van der Waals surface area contributed by atoms with Gasteiger partial charge in [0.2, 0.25) is 0 Å². The van der Waals surface area contributed by atoms with Crippen molar-refractivity contribution < 1.29 is 4.79 Å². The van der Waals surface area contributed by atoms with Crippen molar-refractivity contribution in [2.45, 2.75) is 32.4 Å². The standard InChI is InChI=1S/C19H23N3O/c1-15-2-4-16(5-3-15)14-22-12-8-18(9-13-22)21-19(23)17-6-10-20-11-7-17/h2-7,10-11,18H,8-9,12-14H2,1H3,(H,21,23). The maximum atomic E-state index is 12.2. The van der Waals surface area contributed by atoms with Gasteiger partial charge < -0.3 is 5.32 Å². The summed E-state index contributed by atoms with van der Waals surface area (Å²) in [6, 6.07) is 12.5. The minimum Gasteiger partial charge on any atom is -0.349 e. The number of piperidine rings is 1. The summed E-state index contributed by atoms with van der Waals surface area (Å²) in [5, 5.41) is 3.13. The highest BCUT2D eigenvalue weighted by Gasteiger charge is 2.21. The summed E-state index contributed by atoms with van der Waals surface area (Å²) in [5.74, 6) is 0.00406. The second-order valence-corrected chi connectivity index (χ2v) is 6.25. The first-order valence-corrected chi connectivity index (χ1v) is 8.19. The number of rotatable bonds is 4. The van der Waals surface area contributed by atoms with Gasteiger partial charge in [-0.05, 0) is 37.5 Å². The van der Waals surface area contributed by atoms with Crippen LogP contribution in [0, 0.1) is 6.92 Å². The van der Waals surface area contributed by atoms with Crippen LogP contribution in [-0.4, -0.2) is 34.9 Å². The van der Waals surface area contributed by atoms with Crippen molar-refractivity contribution in [1.29, 1.82) is 0 Å². The van der Waals surface area contributed by atoms with Gasteiger partial charge in [0, 0.05) is 43.6 Å². The van der Waals surface area contributed by atoms with Gasteiger partial charge in [-0.25, -0.2) is 0 Å². The zero-order valence-electron chi connectivity index (χ0n) is 13.5. The van der Waals surface area contributed by atoms with Crippen molar-refractivity contribution >= 4 is 5.91 Å². The highest BCUT2D eigenvalue weighted by Crippen LogP contribution is 2.15. The van der Waals surface area contributed by atoms with Crippen LogP contribution >= 0.6 is 0 Å². The second-order valence-electron chi connectivity index (χ2n) is 6.25. The maximum absolute atomic E-state index is 12.2. The average molecular weight is 309 g/mol. The molecule has 0 atom stereocenters. The fraction of sp³-hybridized carbons (Fsp3) is 0.368. The monoisotopic (exact) mass is 309 g/mol. The van der Waals surface area contributed by atoms with Gasteiger partial charge in [0.25, 0.3) is 5.91 Å². The number of aromatic nitrogens is 1. The largest absolute Gasteiger partial charge is 0.349 e. The van der Waals surface area contributed by atoms with Crippen LogP contribution in [0.2, 0.25) is 0 Å². The molecule has 0 spiro atoms. The molecule has 1 aliphatic heterocycles. The zero-order valence-corrected chi connectivity index (χ0v) is 13.5. The van der Waals surface area contributed by atoms with Crippen molar-refractivity contribution in [3.05, 3.63) is 65.5 Å². The molecule has 0 aliphatic carbocycles. The predicted molar refractivity (Wildman–Crippen MR) is 91.2 cm³/mol. The van der Waals surface area contributed by atoms with Crippen molar-refractivity contribution in [1.82, 2.24) is 15.2 Å². The van der Waals surface area contributed by atoms with E-state index in [2.05, 4.69) is 46.4 Å². The first-order chi connectivity index (χ1) is 11.2. The van der Waals surface area contributed by atoms with Gasteiger partial charge in [-0.15, -0.1) is 0 Å². The Bertz CT molecular complexity index is 631. The molecule has 4 nitrogen and oxygen atoms in total. The maximum Gasteiger partial charge on any atom is 0.251 e. The molecule has 1 fully saturated rings. The van der Waals surface area contributed by atoms with E-state index in [1.165, 1.54) is 11.1 Å². The van der Waals surface area contributed by atoms with Crippen molar-refractivity contribution in [2.75, 3.05) is 13.1 Å². The fourth-order valence-electron chi connectivity index (χ4n) is 2.96. The van der Waals surface area contributed by atoms with E-state index in [1.807, 2.05) is 0 Å². The number of hydrogen-bond acceptors (Lipinski definition) is 3. The molecular weight excluding hydrogens is 286 g/mol. The number of carbonyl (C=O) groups is 1. The van der Waals surface area contributed by atoms with Crippen LogP contribution in [0.4, 0.5) is 0 Å². The number of carbonyl (C=O) groups excluding carboxylic acids is 1.